The Morgan fingerprint density at radius 2 is 1.63 bits per heavy atom. The molecule has 0 saturated carbocycles. The third-order valence-electron chi connectivity index (χ3n) is 6.41. The van der Waals surface area contributed by atoms with E-state index in [0.717, 1.165) is 4.88 Å². The highest BCUT2D eigenvalue weighted by atomic mass is 32.1. The van der Waals surface area contributed by atoms with Crippen LogP contribution >= 0.6 is 11.3 Å². The number of carbonyl (C=O) groups excluding carboxylic acids is 1. The van der Waals surface area contributed by atoms with Crippen molar-refractivity contribution in [3.63, 3.8) is 0 Å². The summed E-state index contributed by atoms with van der Waals surface area (Å²) < 4.78 is 16.8. The van der Waals surface area contributed by atoms with E-state index in [2.05, 4.69) is 0 Å². The second-order valence-corrected chi connectivity index (χ2v) is 9.52. The Morgan fingerprint density at radius 3 is 2.37 bits per heavy atom. The number of aromatic nitrogens is 2. The number of halogens is 1. The van der Waals surface area contributed by atoms with Gasteiger partial charge in [0.05, 0.1) is 16.6 Å². The van der Waals surface area contributed by atoms with Crippen LogP contribution in [0.1, 0.15) is 4.88 Å². The van der Waals surface area contributed by atoms with E-state index in [1.807, 2.05) is 22.4 Å². The van der Waals surface area contributed by atoms with Crippen molar-refractivity contribution >= 4 is 33.8 Å². The van der Waals surface area contributed by atoms with Crippen molar-refractivity contribution in [2.75, 3.05) is 31.1 Å². The smallest absolute Gasteiger partial charge is 0.331 e. The summed E-state index contributed by atoms with van der Waals surface area (Å²) in [6, 6.07) is 17.4. The fraction of sp³-hybridized carbons (Fsp3) is 0.269. The van der Waals surface area contributed by atoms with Crippen molar-refractivity contribution in [2.24, 2.45) is 0 Å². The van der Waals surface area contributed by atoms with Gasteiger partial charge in [0.25, 0.3) is 5.56 Å². The molecule has 7 nitrogen and oxygen atoms in total. The summed E-state index contributed by atoms with van der Waals surface area (Å²) in [5.74, 6) is -0.482. The third-order valence-corrected chi connectivity index (χ3v) is 7.35. The van der Waals surface area contributed by atoms with Crippen molar-refractivity contribution in [3.8, 4) is 0 Å². The standard InChI is InChI=1S/C26H25FN4O3S/c27-21-8-2-4-10-23(21)28-13-15-29(16-14-28)24(32)18-31-22-9-3-1-7-20(22)25(33)30(26(31)34)12-11-19-6-5-17-35-19/h1-10,17H,11-16,18H2. The summed E-state index contributed by atoms with van der Waals surface area (Å²) >= 11 is 1.58. The minimum atomic E-state index is -0.483. The number of rotatable bonds is 6. The van der Waals surface area contributed by atoms with Gasteiger partial charge < -0.3 is 9.80 Å². The van der Waals surface area contributed by atoms with E-state index in [4.69, 9.17) is 0 Å². The largest absolute Gasteiger partial charge is 0.366 e. The topological polar surface area (TPSA) is 67.5 Å². The summed E-state index contributed by atoms with van der Waals surface area (Å²) in [5, 5.41) is 2.37. The van der Waals surface area contributed by atoms with Crippen molar-refractivity contribution in [3.05, 3.63) is 97.6 Å². The predicted octanol–water partition coefficient (Wildman–Crippen LogP) is 2.96. The minimum absolute atomic E-state index is 0.154. The van der Waals surface area contributed by atoms with Gasteiger partial charge in [-0.3, -0.25) is 18.7 Å². The second-order valence-electron chi connectivity index (χ2n) is 8.49. The maximum absolute atomic E-state index is 14.1. The van der Waals surface area contributed by atoms with E-state index in [1.54, 1.807) is 58.7 Å². The lowest BCUT2D eigenvalue weighted by atomic mass is 10.2. The lowest BCUT2D eigenvalue weighted by Gasteiger charge is -2.36. The predicted molar refractivity (Wildman–Crippen MR) is 136 cm³/mol. The van der Waals surface area contributed by atoms with Crippen molar-refractivity contribution in [1.29, 1.82) is 0 Å². The number of nitrogens with zero attached hydrogens (tertiary/aromatic N) is 4. The molecule has 180 valence electrons. The average Bonchev–Trinajstić information content (AvgIpc) is 3.40. The molecule has 1 fully saturated rings. The summed E-state index contributed by atoms with van der Waals surface area (Å²) in [6.45, 7) is 1.96. The molecule has 0 bridgehead atoms. The number of thiophene rings is 1. The first-order valence-electron chi connectivity index (χ1n) is 11.5. The molecular formula is C26H25FN4O3S. The van der Waals surface area contributed by atoms with Crippen LogP contribution in [0.4, 0.5) is 10.1 Å². The van der Waals surface area contributed by atoms with Gasteiger partial charge in [-0.2, -0.15) is 0 Å². The number of carbonyl (C=O) groups is 1. The highest BCUT2D eigenvalue weighted by Crippen LogP contribution is 2.20. The molecule has 5 rings (SSSR count). The Bertz CT molecular complexity index is 1470. The number of aryl methyl sites for hydroxylation is 1. The molecule has 0 radical (unpaired) electrons. The second kappa shape index (κ2) is 9.87. The molecule has 4 aromatic rings. The molecular weight excluding hydrogens is 467 g/mol. The molecule has 0 atom stereocenters. The van der Waals surface area contributed by atoms with Gasteiger partial charge in [-0.05, 0) is 42.1 Å². The molecule has 0 unspecified atom stereocenters. The number of hydrogen-bond donors (Lipinski definition) is 0. The number of piperazine rings is 1. The monoisotopic (exact) mass is 492 g/mol. The van der Waals surface area contributed by atoms with Crippen LogP contribution in [0, 0.1) is 5.82 Å². The molecule has 9 heteroatoms. The first-order chi connectivity index (χ1) is 17.0. The van der Waals surface area contributed by atoms with Crippen LogP contribution in [0.3, 0.4) is 0 Å². The van der Waals surface area contributed by atoms with Crippen molar-refractivity contribution in [2.45, 2.75) is 19.5 Å². The summed E-state index contributed by atoms with van der Waals surface area (Å²) in [5.41, 5.74) is 0.154. The first-order valence-corrected chi connectivity index (χ1v) is 12.4. The van der Waals surface area contributed by atoms with E-state index < -0.39 is 5.69 Å². The van der Waals surface area contributed by atoms with E-state index >= 15 is 0 Å². The molecule has 35 heavy (non-hydrogen) atoms. The maximum atomic E-state index is 14.1. The average molecular weight is 493 g/mol. The Labute approximate surface area is 205 Å². The van der Waals surface area contributed by atoms with Gasteiger partial charge >= 0.3 is 5.69 Å². The third kappa shape index (κ3) is 4.64. The quantitative estimate of drug-likeness (QED) is 0.415. The Balaban J connectivity index is 1.37. The molecule has 3 heterocycles. The number of para-hydroxylation sites is 2. The Hall–Kier alpha value is -3.72. The van der Waals surface area contributed by atoms with Gasteiger partial charge in [-0.1, -0.05) is 30.3 Å². The van der Waals surface area contributed by atoms with Gasteiger partial charge in [0.2, 0.25) is 5.91 Å². The van der Waals surface area contributed by atoms with Crippen LogP contribution in [-0.4, -0.2) is 46.1 Å². The van der Waals surface area contributed by atoms with Gasteiger partial charge in [0, 0.05) is 37.6 Å². The fourth-order valence-electron chi connectivity index (χ4n) is 4.54. The molecule has 2 aromatic carbocycles. The van der Waals surface area contributed by atoms with Crippen LogP contribution in [0.5, 0.6) is 0 Å². The molecule has 2 aromatic heterocycles. The SMILES string of the molecule is O=C(Cn1c(=O)n(CCc2cccs2)c(=O)c2ccccc21)N1CCN(c2ccccc2F)CC1. The first kappa shape index (κ1) is 23.0. The number of benzene rings is 2. The number of anilines is 1. The summed E-state index contributed by atoms with van der Waals surface area (Å²) in [6.07, 6.45) is 0.567. The Kier molecular flexibility index (Phi) is 6.50. The van der Waals surface area contributed by atoms with Crippen LogP contribution in [-0.2, 0) is 24.3 Å². The maximum Gasteiger partial charge on any atom is 0.331 e. The van der Waals surface area contributed by atoms with Crippen LogP contribution in [0.15, 0.2) is 75.6 Å². The molecule has 0 spiro atoms. The van der Waals surface area contributed by atoms with E-state index in [0.29, 0.717) is 49.2 Å². The van der Waals surface area contributed by atoms with Crippen molar-refractivity contribution in [1.82, 2.24) is 14.0 Å². The molecule has 1 aliphatic heterocycles. The number of hydrogen-bond acceptors (Lipinski definition) is 5. The molecule has 1 aliphatic rings. The number of fused-ring (bicyclic) bond motifs is 1. The zero-order chi connectivity index (χ0) is 24.4. The van der Waals surface area contributed by atoms with Gasteiger partial charge in [0.1, 0.15) is 12.4 Å². The van der Waals surface area contributed by atoms with E-state index in [-0.39, 0.29) is 30.4 Å². The molecule has 0 N–H and O–H groups in total. The van der Waals surface area contributed by atoms with Crippen LogP contribution < -0.4 is 16.1 Å². The van der Waals surface area contributed by atoms with Gasteiger partial charge in [-0.15, -0.1) is 11.3 Å². The van der Waals surface area contributed by atoms with E-state index in [1.165, 1.54) is 15.2 Å². The van der Waals surface area contributed by atoms with Crippen LogP contribution in [0.25, 0.3) is 10.9 Å². The van der Waals surface area contributed by atoms with Gasteiger partial charge in [-0.25, -0.2) is 9.18 Å². The summed E-state index contributed by atoms with van der Waals surface area (Å²) in [7, 11) is 0. The Morgan fingerprint density at radius 1 is 0.886 bits per heavy atom. The lowest BCUT2D eigenvalue weighted by molar-refractivity contribution is -0.132. The van der Waals surface area contributed by atoms with Gasteiger partial charge in [0.15, 0.2) is 0 Å². The lowest BCUT2D eigenvalue weighted by Crippen LogP contribution is -2.51. The normalized spacial score (nSPS) is 14.0. The summed E-state index contributed by atoms with van der Waals surface area (Å²) in [4.78, 5) is 44.3. The van der Waals surface area contributed by atoms with Crippen LogP contribution in [0.2, 0.25) is 0 Å². The highest BCUT2D eigenvalue weighted by molar-refractivity contribution is 7.09. The highest BCUT2D eigenvalue weighted by Gasteiger charge is 2.24. The minimum Gasteiger partial charge on any atom is -0.366 e. The fourth-order valence-corrected chi connectivity index (χ4v) is 5.24. The molecule has 1 saturated heterocycles. The zero-order valence-corrected chi connectivity index (χ0v) is 19.9. The van der Waals surface area contributed by atoms with E-state index in [9.17, 15) is 18.8 Å². The van der Waals surface area contributed by atoms with Crippen molar-refractivity contribution < 1.29 is 9.18 Å². The number of amides is 1. The molecule has 1 amide bonds. The molecule has 0 aliphatic carbocycles. The zero-order valence-electron chi connectivity index (χ0n) is 19.1.